The van der Waals surface area contributed by atoms with E-state index >= 15 is 0 Å². The van der Waals surface area contributed by atoms with Gasteiger partial charge >= 0.3 is 6.09 Å². The molecule has 5 nitrogen and oxygen atoms in total. The third-order valence-electron chi connectivity index (χ3n) is 2.24. The Kier molecular flexibility index (Phi) is 3.91. The highest BCUT2D eigenvalue weighted by Crippen LogP contribution is 2.30. The van der Waals surface area contributed by atoms with Gasteiger partial charge in [-0.15, -0.1) is 11.3 Å². The molecule has 0 unspecified atom stereocenters. The minimum atomic E-state index is -1.09. The fourth-order valence-corrected chi connectivity index (χ4v) is 2.38. The summed E-state index contributed by atoms with van der Waals surface area (Å²) in [5.41, 5.74) is 2.14. The second-order valence-corrected chi connectivity index (χ2v) is 4.41. The van der Waals surface area contributed by atoms with E-state index in [2.05, 4.69) is 10.3 Å². The molecule has 2 rings (SSSR count). The number of amides is 1. The first-order valence-corrected chi connectivity index (χ1v) is 6.11. The highest BCUT2D eigenvalue weighted by atomic mass is 32.1. The molecular formula is C12H12N2O3S. The van der Waals surface area contributed by atoms with Crippen molar-refractivity contribution in [2.45, 2.75) is 6.61 Å². The largest absolute Gasteiger partial charge is 0.465 e. The quantitative estimate of drug-likeness (QED) is 0.890. The summed E-state index contributed by atoms with van der Waals surface area (Å²) in [6.07, 6.45) is -1.09. The number of carbonyl (C=O) groups is 1. The van der Waals surface area contributed by atoms with Crippen LogP contribution in [0.15, 0.2) is 29.6 Å². The Morgan fingerprint density at radius 2 is 2.28 bits per heavy atom. The van der Waals surface area contributed by atoms with Gasteiger partial charge in [-0.3, -0.25) is 5.32 Å². The second kappa shape index (κ2) is 5.61. The Hall–Kier alpha value is -1.92. The fourth-order valence-electron chi connectivity index (χ4n) is 1.54. The lowest BCUT2D eigenvalue weighted by Gasteiger charge is -2.05. The van der Waals surface area contributed by atoms with Crippen LogP contribution in [0, 0.1) is 0 Å². The van der Waals surface area contributed by atoms with E-state index in [1.165, 1.54) is 11.3 Å². The number of ether oxygens (including phenoxy) is 1. The minimum absolute atomic E-state index is 0.449. The number of hydrogen-bond donors (Lipinski definition) is 2. The zero-order valence-electron chi connectivity index (χ0n) is 9.71. The lowest BCUT2D eigenvalue weighted by atomic mass is 10.2. The SMILES string of the molecule is COCc1csc(-c2ccccc2NC(=O)O)n1. The van der Waals surface area contributed by atoms with Crippen LogP contribution in [0.3, 0.4) is 0 Å². The number of thiazole rings is 1. The third-order valence-corrected chi connectivity index (χ3v) is 3.17. The summed E-state index contributed by atoms with van der Waals surface area (Å²) < 4.78 is 5.01. The molecule has 0 aliphatic rings. The molecule has 1 amide bonds. The molecule has 0 spiro atoms. The number of anilines is 1. The number of nitrogens with zero attached hydrogens (tertiary/aromatic N) is 1. The van der Waals surface area contributed by atoms with Crippen molar-refractivity contribution in [1.82, 2.24) is 4.98 Å². The van der Waals surface area contributed by atoms with Gasteiger partial charge in [0.15, 0.2) is 0 Å². The normalized spacial score (nSPS) is 10.3. The molecule has 1 heterocycles. The van der Waals surface area contributed by atoms with Gasteiger partial charge < -0.3 is 9.84 Å². The summed E-state index contributed by atoms with van der Waals surface area (Å²) in [6, 6.07) is 7.17. The van der Waals surface area contributed by atoms with Crippen molar-refractivity contribution in [2.75, 3.05) is 12.4 Å². The van der Waals surface area contributed by atoms with Gasteiger partial charge in [-0.2, -0.15) is 0 Å². The molecule has 0 aliphatic carbocycles. The molecule has 0 atom stereocenters. The molecule has 0 radical (unpaired) electrons. The van der Waals surface area contributed by atoms with Crippen molar-refractivity contribution in [3.8, 4) is 10.6 Å². The zero-order chi connectivity index (χ0) is 13.0. The zero-order valence-corrected chi connectivity index (χ0v) is 10.5. The van der Waals surface area contributed by atoms with E-state index in [0.29, 0.717) is 12.3 Å². The molecule has 94 valence electrons. The van der Waals surface area contributed by atoms with Gasteiger partial charge in [0, 0.05) is 18.1 Å². The van der Waals surface area contributed by atoms with Crippen molar-refractivity contribution in [2.24, 2.45) is 0 Å². The second-order valence-electron chi connectivity index (χ2n) is 3.55. The monoisotopic (exact) mass is 264 g/mol. The number of nitrogens with one attached hydrogen (secondary N) is 1. The van der Waals surface area contributed by atoms with Crippen LogP contribution < -0.4 is 5.32 Å². The highest BCUT2D eigenvalue weighted by Gasteiger charge is 2.10. The number of benzene rings is 1. The number of carboxylic acid groups (broad SMARTS) is 1. The number of rotatable bonds is 4. The Labute approximate surface area is 108 Å². The molecule has 2 aromatic rings. The average Bonchev–Trinajstić information content (AvgIpc) is 2.78. The van der Waals surface area contributed by atoms with Crippen LogP contribution >= 0.6 is 11.3 Å². The molecule has 0 fully saturated rings. The highest BCUT2D eigenvalue weighted by molar-refractivity contribution is 7.13. The molecule has 1 aromatic heterocycles. The van der Waals surface area contributed by atoms with Gasteiger partial charge in [0.2, 0.25) is 0 Å². The number of para-hydroxylation sites is 1. The predicted molar refractivity (Wildman–Crippen MR) is 69.9 cm³/mol. The fraction of sp³-hybridized carbons (Fsp3) is 0.167. The summed E-state index contributed by atoms with van der Waals surface area (Å²) >= 11 is 1.46. The van der Waals surface area contributed by atoms with Crippen LogP contribution in [0.25, 0.3) is 10.6 Å². The molecular weight excluding hydrogens is 252 g/mol. The molecule has 2 N–H and O–H groups in total. The molecule has 6 heteroatoms. The summed E-state index contributed by atoms with van der Waals surface area (Å²) in [4.78, 5) is 15.1. The van der Waals surface area contributed by atoms with Crippen LogP contribution in [0.4, 0.5) is 10.5 Å². The van der Waals surface area contributed by atoms with Crippen molar-refractivity contribution in [3.63, 3.8) is 0 Å². The van der Waals surface area contributed by atoms with Crippen molar-refractivity contribution in [1.29, 1.82) is 0 Å². The van der Waals surface area contributed by atoms with E-state index in [0.717, 1.165) is 16.3 Å². The Bertz CT molecular complexity index is 554. The van der Waals surface area contributed by atoms with Crippen molar-refractivity contribution < 1.29 is 14.6 Å². The maximum absolute atomic E-state index is 10.7. The summed E-state index contributed by atoms with van der Waals surface area (Å²) in [5.74, 6) is 0. The first kappa shape index (κ1) is 12.5. The van der Waals surface area contributed by atoms with Crippen LogP contribution in [0.1, 0.15) is 5.69 Å². The van der Waals surface area contributed by atoms with E-state index in [-0.39, 0.29) is 0 Å². The van der Waals surface area contributed by atoms with Crippen LogP contribution in [0.5, 0.6) is 0 Å². The van der Waals surface area contributed by atoms with E-state index in [1.54, 1.807) is 19.2 Å². The van der Waals surface area contributed by atoms with E-state index in [9.17, 15) is 4.79 Å². The smallest absolute Gasteiger partial charge is 0.409 e. The number of methoxy groups -OCH3 is 1. The molecule has 18 heavy (non-hydrogen) atoms. The van der Waals surface area contributed by atoms with Crippen LogP contribution in [0.2, 0.25) is 0 Å². The summed E-state index contributed by atoms with van der Waals surface area (Å²) in [7, 11) is 1.61. The van der Waals surface area contributed by atoms with Gasteiger partial charge in [-0.1, -0.05) is 12.1 Å². The number of hydrogen-bond acceptors (Lipinski definition) is 4. The molecule has 0 saturated carbocycles. The molecule has 0 aliphatic heterocycles. The van der Waals surface area contributed by atoms with Gasteiger partial charge in [0.25, 0.3) is 0 Å². The predicted octanol–water partition coefficient (Wildman–Crippen LogP) is 3.05. The van der Waals surface area contributed by atoms with Gasteiger partial charge in [-0.25, -0.2) is 9.78 Å². The van der Waals surface area contributed by atoms with Crippen molar-refractivity contribution >= 4 is 23.1 Å². The number of aromatic nitrogens is 1. The van der Waals surface area contributed by atoms with E-state index < -0.39 is 6.09 Å². The third kappa shape index (κ3) is 2.85. The average molecular weight is 264 g/mol. The first-order chi connectivity index (χ1) is 8.70. The first-order valence-electron chi connectivity index (χ1n) is 5.23. The van der Waals surface area contributed by atoms with E-state index in [1.807, 2.05) is 17.5 Å². The van der Waals surface area contributed by atoms with Crippen molar-refractivity contribution in [3.05, 3.63) is 35.3 Å². The Morgan fingerprint density at radius 3 is 3.00 bits per heavy atom. The molecule has 0 saturated heterocycles. The Morgan fingerprint density at radius 1 is 1.50 bits per heavy atom. The molecule has 0 bridgehead atoms. The van der Waals surface area contributed by atoms with Gasteiger partial charge in [-0.05, 0) is 12.1 Å². The maximum Gasteiger partial charge on any atom is 0.409 e. The van der Waals surface area contributed by atoms with Crippen LogP contribution in [-0.2, 0) is 11.3 Å². The van der Waals surface area contributed by atoms with Crippen LogP contribution in [-0.4, -0.2) is 23.3 Å². The van der Waals surface area contributed by atoms with E-state index in [4.69, 9.17) is 9.84 Å². The standard InChI is InChI=1S/C12H12N2O3S/c1-17-6-8-7-18-11(13-8)9-4-2-3-5-10(9)14-12(15)16/h2-5,7,14H,6H2,1H3,(H,15,16). The lowest BCUT2D eigenvalue weighted by molar-refractivity contribution is 0.182. The summed E-state index contributed by atoms with van der Waals surface area (Å²) in [6.45, 7) is 0.449. The Balaban J connectivity index is 2.33. The van der Waals surface area contributed by atoms with Gasteiger partial charge in [0.1, 0.15) is 5.01 Å². The lowest BCUT2D eigenvalue weighted by Crippen LogP contribution is -2.08. The maximum atomic E-state index is 10.7. The van der Waals surface area contributed by atoms with Gasteiger partial charge in [0.05, 0.1) is 18.0 Å². The summed E-state index contributed by atoms with van der Waals surface area (Å²) in [5, 5.41) is 13.8. The topological polar surface area (TPSA) is 71.5 Å². The molecule has 1 aromatic carbocycles. The minimum Gasteiger partial charge on any atom is -0.465 e.